The van der Waals surface area contributed by atoms with E-state index in [1.54, 1.807) is 11.3 Å². The number of amides is 1. The molecule has 0 radical (unpaired) electrons. The largest absolute Gasteiger partial charge is 0.350 e. The summed E-state index contributed by atoms with van der Waals surface area (Å²) < 4.78 is 0. The first-order valence-corrected chi connectivity index (χ1v) is 9.00. The molecule has 2 rings (SSSR count). The maximum atomic E-state index is 12.3. The molecule has 1 atom stereocenters. The van der Waals surface area contributed by atoms with Gasteiger partial charge >= 0.3 is 0 Å². The standard InChI is InChI=1S/C17H28N2OS/c1-5-7-15-13(6-2)10-16(21-15)17(20)18-11-12(3)19(4)14-8-9-14/h10,12,14H,5-9,11H2,1-4H3,(H,18,20). The molecule has 1 unspecified atom stereocenters. The zero-order valence-corrected chi connectivity index (χ0v) is 14.6. The number of nitrogens with one attached hydrogen (secondary N) is 1. The van der Waals surface area contributed by atoms with Crippen LogP contribution in [0.2, 0.25) is 0 Å². The third-order valence-electron chi connectivity index (χ3n) is 4.35. The lowest BCUT2D eigenvalue weighted by Gasteiger charge is -2.24. The fourth-order valence-corrected chi connectivity index (χ4v) is 3.90. The van der Waals surface area contributed by atoms with Crippen molar-refractivity contribution in [1.29, 1.82) is 0 Å². The smallest absolute Gasteiger partial charge is 0.261 e. The van der Waals surface area contributed by atoms with Gasteiger partial charge in [0.25, 0.3) is 5.91 Å². The minimum Gasteiger partial charge on any atom is -0.350 e. The van der Waals surface area contributed by atoms with E-state index >= 15 is 0 Å². The molecule has 1 fully saturated rings. The number of hydrogen-bond donors (Lipinski definition) is 1. The summed E-state index contributed by atoms with van der Waals surface area (Å²) in [7, 11) is 2.16. The van der Waals surface area contributed by atoms with Gasteiger partial charge in [-0.3, -0.25) is 9.69 Å². The second-order valence-electron chi connectivity index (χ2n) is 6.12. The van der Waals surface area contributed by atoms with E-state index in [0.717, 1.165) is 36.7 Å². The Kier molecular flexibility index (Phi) is 5.82. The number of likely N-dealkylation sites (N-methyl/N-ethyl adjacent to an activating group) is 1. The van der Waals surface area contributed by atoms with Crippen LogP contribution in [0.25, 0.3) is 0 Å². The van der Waals surface area contributed by atoms with E-state index in [2.05, 4.69) is 44.1 Å². The van der Waals surface area contributed by atoms with E-state index in [9.17, 15) is 4.79 Å². The summed E-state index contributed by atoms with van der Waals surface area (Å²) in [5.74, 6) is 0.0908. The number of rotatable bonds is 8. The molecule has 118 valence electrons. The van der Waals surface area contributed by atoms with Crippen molar-refractivity contribution in [3.63, 3.8) is 0 Å². The fourth-order valence-electron chi connectivity index (χ4n) is 2.63. The predicted octanol–water partition coefficient (Wildman–Crippen LogP) is 3.48. The zero-order chi connectivity index (χ0) is 15.4. The van der Waals surface area contributed by atoms with Gasteiger partial charge in [-0.1, -0.05) is 20.3 Å². The summed E-state index contributed by atoms with van der Waals surface area (Å²) >= 11 is 1.67. The average Bonchev–Trinajstić information content (AvgIpc) is 3.25. The summed E-state index contributed by atoms with van der Waals surface area (Å²) in [6, 6.07) is 3.23. The van der Waals surface area contributed by atoms with Gasteiger partial charge in [0, 0.05) is 23.5 Å². The lowest BCUT2D eigenvalue weighted by atomic mass is 10.1. The van der Waals surface area contributed by atoms with Crippen LogP contribution in [0.3, 0.4) is 0 Å². The van der Waals surface area contributed by atoms with Gasteiger partial charge in [0.1, 0.15) is 0 Å². The zero-order valence-electron chi connectivity index (χ0n) is 13.7. The number of nitrogens with zero attached hydrogens (tertiary/aromatic N) is 1. The van der Waals surface area contributed by atoms with Crippen LogP contribution in [0.4, 0.5) is 0 Å². The molecule has 21 heavy (non-hydrogen) atoms. The van der Waals surface area contributed by atoms with Gasteiger partial charge in [-0.15, -0.1) is 11.3 Å². The minimum absolute atomic E-state index is 0.0908. The average molecular weight is 308 g/mol. The Bertz CT molecular complexity index is 479. The number of aryl methyl sites for hydroxylation is 2. The molecule has 1 N–H and O–H groups in total. The molecule has 0 saturated heterocycles. The number of carbonyl (C=O) groups excluding carboxylic acids is 1. The SMILES string of the molecule is CCCc1sc(C(=O)NCC(C)N(C)C2CC2)cc1CC. The third kappa shape index (κ3) is 4.30. The van der Waals surface area contributed by atoms with Crippen LogP contribution in [0, 0.1) is 0 Å². The second-order valence-corrected chi connectivity index (χ2v) is 7.26. The summed E-state index contributed by atoms with van der Waals surface area (Å²) in [6.45, 7) is 7.27. The molecule has 0 spiro atoms. The normalized spacial score (nSPS) is 16.2. The van der Waals surface area contributed by atoms with Gasteiger partial charge in [0.15, 0.2) is 0 Å². The van der Waals surface area contributed by atoms with Crippen molar-refractivity contribution in [2.45, 2.75) is 65.0 Å². The summed E-state index contributed by atoms with van der Waals surface area (Å²) in [5.41, 5.74) is 1.34. The van der Waals surface area contributed by atoms with Crippen molar-refractivity contribution in [1.82, 2.24) is 10.2 Å². The number of carbonyl (C=O) groups is 1. The Morgan fingerprint density at radius 2 is 2.19 bits per heavy atom. The van der Waals surface area contributed by atoms with Crippen molar-refractivity contribution in [2.75, 3.05) is 13.6 Å². The highest BCUT2D eigenvalue weighted by Gasteiger charge is 2.29. The Morgan fingerprint density at radius 1 is 1.48 bits per heavy atom. The van der Waals surface area contributed by atoms with E-state index in [1.165, 1.54) is 23.3 Å². The lowest BCUT2D eigenvalue weighted by Crippen LogP contribution is -2.41. The molecule has 0 bridgehead atoms. The van der Waals surface area contributed by atoms with Gasteiger partial charge in [-0.25, -0.2) is 0 Å². The van der Waals surface area contributed by atoms with Crippen LogP contribution in [0.5, 0.6) is 0 Å². The highest BCUT2D eigenvalue weighted by Crippen LogP contribution is 2.27. The van der Waals surface area contributed by atoms with Crippen molar-refractivity contribution < 1.29 is 4.79 Å². The van der Waals surface area contributed by atoms with E-state index in [1.807, 2.05) is 0 Å². The third-order valence-corrected chi connectivity index (χ3v) is 5.59. The van der Waals surface area contributed by atoms with Gasteiger partial charge < -0.3 is 5.32 Å². The molecular formula is C17H28N2OS. The van der Waals surface area contributed by atoms with Gasteiger partial charge in [-0.2, -0.15) is 0 Å². The van der Waals surface area contributed by atoms with Gasteiger partial charge in [0.2, 0.25) is 0 Å². The maximum Gasteiger partial charge on any atom is 0.261 e. The Hall–Kier alpha value is -0.870. The van der Waals surface area contributed by atoms with Crippen LogP contribution in [0.1, 0.15) is 60.1 Å². The van der Waals surface area contributed by atoms with E-state index in [4.69, 9.17) is 0 Å². The number of hydrogen-bond acceptors (Lipinski definition) is 3. The predicted molar refractivity (Wildman–Crippen MR) is 90.3 cm³/mol. The van der Waals surface area contributed by atoms with Crippen LogP contribution >= 0.6 is 11.3 Å². The quantitative estimate of drug-likeness (QED) is 0.797. The second kappa shape index (κ2) is 7.41. The van der Waals surface area contributed by atoms with Crippen LogP contribution in [0.15, 0.2) is 6.07 Å². The van der Waals surface area contributed by atoms with Crippen LogP contribution < -0.4 is 5.32 Å². The van der Waals surface area contributed by atoms with E-state index < -0.39 is 0 Å². The topological polar surface area (TPSA) is 32.3 Å². The molecule has 3 nitrogen and oxygen atoms in total. The van der Waals surface area contributed by atoms with Crippen LogP contribution in [-0.4, -0.2) is 36.5 Å². The van der Waals surface area contributed by atoms with E-state index in [-0.39, 0.29) is 5.91 Å². The summed E-state index contributed by atoms with van der Waals surface area (Å²) in [6.07, 6.45) is 5.85. The Balaban J connectivity index is 1.90. The monoisotopic (exact) mass is 308 g/mol. The molecule has 0 aliphatic heterocycles. The van der Waals surface area contributed by atoms with E-state index in [0.29, 0.717) is 6.04 Å². The molecule has 0 aromatic carbocycles. The first kappa shape index (κ1) is 16.5. The fraction of sp³-hybridized carbons (Fsp3) is 0.706. The molecule has 1 aromatic heterocycles. The minimum atomic E-state index is 0.0908. The molecule has 4 heteroatoms. The van der Waals surface area contributed by atoms with Crippen molar-refractivity contribution in [3.05, 3.63) is 21.4 Å². The Labute approximate surface area is 132 Å². The highest BCUT2D eigenvalue weighted by molar-refractivity contribution is 7.14. The van der Waals surface area contributed by atoms with Gasteiger partial charge in [0.05, 0.1) is 4.88 Å². The van der Waals surface area contributed by atoms with Crippen molar-refractivity contribution in [2.24, 2.45) is 0 Å². The molecule has 1 heterocycles. The molecular weight excluding hydrogens is 280 g/mol. The van der Waals surface area contributed by atoms with Gasteiger partial charge in [-0.05, 0) is 51.3 Å². The molecule has 1 aliphatic carbocycles. The summed E-state index contributed by atoms with van der Waals surface area (Å²) in [4.78, 5) is 17.0. The van der Waals surface area contributed by atoms with Crippen molar-refractivity contribution in [3.8, 4) is 0 Å². The summed E-state index contributed by atoms with van der Waals surface area (Å²) in [5, 5.41) is 3.10. The van der Waals surface area contributed by atoms with Crippen LogP contribution in [-0.2, 0) is 12.8 Å². The maximum absolute atomic E-state index is 12.3. The highest BCUT2D eigenvalue weighted by atomic mass is 32.1. The molecule has 1 aliphatic rings. The first-order chi connectivity index (χ1) is 10.1. The molecule has 1 saturated carbocycles. The first-order valence-electron chi connectivity index (χ1n) is 8.18. The lowest BCUT2D eigenvalue weighted by molar-refractivity contribution is 0.0943. The molecule has 1 aromatic rings. The Morgan fingerprint density at radius 3 is 2.76 bits per heavy atom. The van der Waals surface area contributed by atoms with Crippen molar-refractivity contribution >= 4 is 17.2 Å². The molecule has 1 amide bonds. The number of thiophene rings is 1.